The SMILES string of the molecule is O=C1C[C@H](c2ccccc2)N1N1CCNCC1. The monoisotopic (exact) mass is 231 g/mol. The molecular weight excluding hydrogens is 214 g/mol. The highest BCUT2D eigenvalue weighted by molar-refractivity contribution is 5.83. The number of hydrogen-bond donors (Lipinski definition) is 1. The summed E-state index contributed by atoms with van der Waals surface area (Å²) in [6.07, 6.45) is 0.647. The first kappa shape index (κ1) is 10.7. The summed E-state index contributed by atoms with van der Waals surface area (Å²) in [7, 11) is 0. The van der Waals surface area contributed by atoms with Crippen molar-refractivity contribution in [3.8, 4) is 0 Å². The first-order valence-electron chi connectivity index (χ1n) is 6.19. The van der Waals surface area contributed by atoms with Crippen molar-refractivity contribution in [1.29, 1.82) is 0 Å². The van der Waals surface area contributed by atoms with Gasteiger partial charge in [0.05, 0.1) is 12.5 Å². The zero-order chi connectivity index (χ0) is 11.7. The second-order valence-corrected chi connectivity index (χ2v) is 4.57. The average Bonchev–Trinajstić information content (AvgIpc) is 2.38. The van der Waals surface area contributed by atoms with Crippen LogP contribution in [0.15, 0.2) is 30.3 Å². The van der Waals surface area contributed by atoms with E-state index in [2.05, 4.69) is 22.5 Å². The van der Waals surface area contributed by atoms with E-state index in [4.69, 9.17) is 0 Å². The van der Waals surface area contributed by atoms with Crippen molar-refractivity contribution in [2.75, 3.05) is 26.2 Å². The van der Waals surface area contributed by atoms with E-state index in [0.717, 1.165) is 26.2 Å². The van der Waals surface area contributed by atoms with E-state index >= 15 is 0 Å². The number of piperazine rings is 1. The Morgan fingerprint density at radius 1 is 1.12 bits per heavy atom. The third-order valence-corrected chi connectivity index (χ3v) is 3.50. The molecule has 0 saturated carbocycles. The largest absolute Gasteiger partial charge is 0.314 e. The molecule has 4 nitrogen and oxygen atoms in total. The Kier molecular flexibility index (Phi) is 2.82. The second kappa shape index (κ2) is 4.47. The maximum absolute atomic E-state index is 11.8. The lowest BCUT2D eigenvalue weighted by atomic mass is 9.96. The molecule has 0 spiro atoms. The maximum atomic E-state index is 11.8. The van der Waals surface area contributed by atoms with Gasteiger partial charge in [0.1, 0.15) is 0 Å². The molecule has 2 aliphatic heterocycles. The van der Waals surface area contributed by atoms with E-state index < -0.39 is 0 Å². The number of carbonyl (C=O) groups is 1. The number of benzene rings is 1. The molecule has 0 aromatic heterocycles. The minimum atomic E-state index is 0.251. The number of carbonyl (C=O) groups excluding carboxylic acids is 1. The highest BCUT2D eigenvalue weighted by atomic mass is 16.2. The van der Waals surface area contributed by atoms with Crippen molar-refractivity contribution in [1.82, 2.24) is 15.3 Å². The summed E-state index contributed by atoms with van der Waals surface area (Å²) in [6.45, 7) is 3.78. The third kappa shape index (κ3) is 1.94. The van der Waals surface area contributed by atoms with Crippen LogP contribution in [0, 0.1) is 0 Å². The van der Waals surface area contributed by atoms with Gasteiger partial charge in [-0.05, 0) is 5.56 Å². The zero-order valence-electron chi connectivity index (χ0n) is 9.80. The minimum absolute atomic E-state index is 0.251. The molecule has 1 N–H and O–H groups in total. The number of hydrogen-bond acceptors (Lipinski definition) is 3. The van der Waals surface area contributed by atoms with Crippen molar-refractivity contribution in [2.45, 2.75) is 12.5 Å². The maximum Gasteiger partial charge on any atom is 0.239 e. The zero-order valence-corrected chi connectivity index (χ0v) is 9.80. The Labute approximate surface area is 101 Å². The van der Waals surface area contributed by atoms with Gasteiger partial charge in [0.25, 0.3) is 0 Å². The number of rotatable bonds is 2. The van der Waals surface area contributed by atoms with Crippen LogP contribution in [0.4, 0.5) is 0 Å². The van der Waals surface area contributed by atoms with E-state index in [0.29, 0.717) is 6.42 Å². The van der Waals surface area contributed by atoms with Crippen LogP contribution in [0.3, 0.4) is 0 Å². The van der Waals surface area contributed by atoms with Gasteiger partial charge < -0.3 is 5.32 Å². The highest BCUT2D eigenvalue weighted by Crippen LogP contribution is 2.35. The molecule has 0 radical (unpaired) electrons. The molecule has 1 atom stereocenters. The minimum Gasteiger partial charge on any atom is -0.314 e. The van der Waals surface area contributed by atoms with E-state index in [1.807, 2.05) is 23.2 Å². The Balaban J connectivity index is 1.76. The van der Waals surface area contributed by atoms with Crippen LogP contribution in [-0.4, -0.2) is 42.1 Å². The molecule has 3 rings (SSSR count). The first-order chi connectivity index (χ1) is 8.36. The Morgan fingerprint density at radius 3 is 2.47 bits per heavy atom. The van der Waals surface area contributed by atoms with Crippen LogP contribution in [0.2, 0.25) is 0 Å². The number of hydrazine groups is 1. The molecule has 1 aromatic carbocycles. The lowest BCUT2D eigenvalue weighted by Gasteiger charge is -2.48. The van der Waals surface area contributed by atoms with Crippen molar-refractivity contribution in [3.05, 3.63) is 35.9 Å². The summed E-state index contributed by atoms with van der Waals surface area (Å²) in [5.41, 5.74) is 1.24. The van der Waals surface area contributed by atoms with Gasteiger partial charge in [0.2, 0.25) is 5.91 Å². The fraction of sp³-hybridized carbons (Fsp3) is 0.462. The van der Waals surface area contributed by atoms with Crippen LogP contribution in [0.1, 0.15) is 18.0 Å². The second-order valence-electron chi connectivity index (χ2n) is 4.57. The van der Waals surface area contributed by atoms with Gasteiger partial charge in [-0.3, -0.25) is 9.80 Å². The number of nitrogens with one attached hydrogen (secondary N) is 1. The molecule has 90 valence electrons. The van der Waals surface area contributed by atoms with Crippen molar-refractivity contribution >= 4 is 5.91 Å². The third-order valence-electron chi connectivity index (χ3n) is 3.50. The van der Waals surface area contributed by atoms with Crippen LogP contribution in [0.5, 0.6) is 0 Å². The van der Waals surface area contributed by atoms with E-state index in [-0.39, 0.29) is 11.9 Å². The summed E-state index contributed by atoms with van der Waals surface area (Å²) >= 11 is 0. The predicted molar refractivity (Wildman–Crippen MR) is 65.1 cm³/mol. The molecule has 2 fully saturated rings. The summed E-state index contributed by atoms with van der Waals surface area (Å²) < 4.78 is 0. The molecule has 2 heterocycles. The van der Waals surface area contributed by atoms with Crippen LogP contribution in [0.25, 0.3) is 0 Å². The number of β-lactam (4-membered cyclic amide) rings is 1. The smallest absolute Gasteiger partial charge is 0.239 e. The molecule has 2 saturated heterocycles. The van der Waals surface area contributed by atoms with Crippen molar-refractivity contribution in [3.63, 3.8) is 0 Å². The van der Waals surface area contributed by atoms with Crippen LogP contribution >= 0.6 is 0 Å². The van der Waals surface area contributed by atoms with Gasteiger partial charge in [-0.25, -0.2) is 5.01 Å². The quantitative estimate of drug-likeness (QED) is 0.764. The topological polar surface area (TPSA) is 35.6 Å². The van der Waals surface area contributed by atoms with E-state index in [1.54, 1.807) is 0 Å². The Bertz CT molecular complexity index is 400. The van der Waals surface area contributed by atoms with Crippen molar-refractivity contribution < 1.29 is 4.79 Å². The summed E-state index contributed by atoms with van der Waals surface area (Å²) in [5.74, 6) is 0.251. The summed E-state index contributed by atoms with van der Waals surface area (Å²) in [4.78, 5) is 11.8. The number of nitrogens with zero attached hydrogens (tertiary/aromatic N) is 2. The fourth-order valence-corrected chi connectivity index (χ4v) is 2.56. The predicted octanol–water partition coefficient (Wildman–Crippen LogP) is 0.780. The number of amides is 1. The van der Waals surface area contributed by atoms with E-state index in [1.165, 1.54) is 5.56 Å². The summed E-state index contributed by atoms with van der Waals surface area (Å²) in [6, 6.07) is 10.5. The van der Waals surface area contributed by atoms with Gasteiger partial charge in [-0.1, -0.05) is 30.3 Å². The molecule has 2 aliphatic rings. The highest BCUT2D eigenvalue weighted by Gasteiger charge is 2.41. The van der Waals surface area contributed by atoms with Crippen LogP contribution < -0.4 is 5.32 Å². The molecule has 0 bridgehead atoms. The standard InChI is InChI=1S/C13H17N3O/c17-13-10-12(11-4-2-1-3-5-11)16(13)15-8-6-14-7-9-15/h1-5,12,14H,6-10H2/t12-/m1/s1. The first-order valence-corrected chi connectivity index (χ1v) is 6.19. The van der Waals surface area contributed by atoms with E-state index in [9.17, 15) is 4.79 Å². The molecule has 4 heteroatoms. The lowest BCUT2D eigenvalue weighted by Crippen LogP contribution is -2.60. The molecule has 17 heavy (non-hydrogen) atoms. The average molecular weight is 231 g/mol. The van der Waals surface area contributed by atoms with Crippen molar-refractivity contribution in [2.24, 2.45) is 0 Å². The summed E-state index contributed by atoms with van der Waals surface area (Å²) in [5, 5.41) is 7.43. The normalized spacial score (nSPS) is 25.8. The van der Waals surface area contributed by atoms with Gasteiger partial charge >= 0.3 is 0 Å². The van der Waals surface area contributed by atoms with Gasteiger partial charge in [-0.2, -0.15) is 0 Å². The molecule has 0 unspecified atom stereocenters. The van der Waals surface area contributed by atoms with Gasteiger partial charge in [-0.15, -0.1) is 0 Å². The lowest BCUT2D eigenvalue weighted by molar-refractivity contribution is -0.179. The Morgan fingerprint density at radius 2 is 1.82 bits per heavy atom. The molecule has 1 aromatic rings. The van der Waals surface area contributed by atoms with Gasteiger partial charge in [0, 0.05) is 26.2 Å². The molecule has 1 amide bonds. The molecule has 0 aliphatic carbocycles. The Hall–Kier alpha value is -1.39. The van der Waals surface area contributed by atoms with Crippen LogP contribution in [-0.2, 0) is 4.79 Å². The fourth-order valence-electron chi connectivity index (χ4n) is 2.56. The van der Waals surface area contributed by atoms with Gasteiger partial charge in [0.15, 0.2) is 0 Å². The molecular formula is C13H17N3O.